The van der Waals surface area contributed by atoms with Crippen molar-refractivity contribution < 1.29 is 0 Å². The average Bonchev–Trinajstić information content (AvgIpc) is 1.72. The van der Waals surface area contributed by atoms with Gasteiger partial charge in [-0.2, -0.15) is 0 Å². The van der Waals surface area contributed by atoms with Crippen LogP contribution in [0.2, 0.25) is 0 Å². The topological polar surface area (TPSA) is 3.24 Å². The summed E-state index contributed by atoms with van der Waals surface area (Å²) in [5, 5.41) is 0. The van der Waals surface area contributed by atoms with Crippen molar-refractivity contribution in [3.8, 4) is 0 Å². The van der Waals surface area contributed by atoms with E-state index in [4.69, 9.17) is 0 Å². The second-order valence-electron chi connectivity index (χ2n) is 1.62. The molecule has 0 rings (SSSR count). The summed E-state index contributed by atoms with van der Waals surface area (Å²) >= 11 is 0. The van der Waals surface area contributed by atoms with Crippen LogP contribution in [0.25, 0.3) is 0 Å². The van der Waals surface area contributed by atoms with Gasteiger partial charge in [0, 0.05) is 0 Å². The summed E-state index contributed by atoms with van der Waals surface area (Å²) in [5.41, 5.74) is 0. The van der Waals surface area contributed by atoms with Crippen LogP contribution in [-0.2, 0) is 0 Å². The van der Waals surface area contributed by atoms with E-state index in [9.17, 15) is 0 Å². The third kappa shape index (κ3) is 6.14. The van der Waals surface area contributed by atoms with Crippen molar-refractivity contribution in [3.05, 3.63) is 0 Å². The first kappa shape index (κ1) is 12.7. The molecule has 0 unspecified atom stereocenters. The molecule has 0 amide bonds. The quantitative estimate of drug-likeness (QED) is 0.696. The van der Waals surface area contributed by atoms with E-state index in [-0.39, 0.29) is 68.9 Å². The van der Waals surface area contributed by atoms with Crippen LogP contribution in [0, 0.1) is 0 Å². The van der Waals surface area contributed by atoms with E-state index in [2.05, 4.69) is 25.7 Å². The fraction of sp³-hybridized carbons (Fsp3) is 1.00. The van der Waals surface area contributed by atoms with Gasteiger partial charge in [0.1, 0.15) is 0 Å². The molecule has 2 heteroatoms. The van der Waals surface area contributed by atoms with Gasteiger partial charge in [-0.05, 0) is 19.6 Å². The summed E-state index contributed by atoms with van der Waals surface area (Å²) in [6.07, 6.45) is 0. The number of hydrogen-bond acceptors (Lipinski definition) is 1. The van der Waals surface area contributed by atoms with Crippen molar-refractivity contribution in [1.29, 1.82) is 0 Å². The zero-order valence-corrected chi connectivity index (χ0v) is 5.57. The van der Waals surface area contributed by atoms with Crippen LogP contribution in [-0.4, -0.2) is 93.4 Å². The minimum atomic E-state index is 0. The molecule has 0 aliphatic heterocycles. The van der Waals surface area contributed by atoms with Gasteiger partial charge >= 0.3 is 68.9 Å². The fourth-order valence-electron chi connectivity index (χ4n) is 0.671. The van der Waals surface area contributed by atoms with Gasteiger partial charge < -0.3 is 4.90 Å². The average molecular weight is 235 g/mol. The Labute approximate surface area is 112 Å². The molecule has 0 saturated carbocycles. The second-order valence-corrected chi connectivity index (χ2v) is 1.62. The summed E-state index contributed by atoms with van der Waals surface area (Å²) in [6.45, 7) is 10.1. The number of rotatable bonds is 3. The Balaban J connectivity index is 0. The maximum absolute atomic E-state index is 2.38. The molecule has 0 N–H and O–H groups in total. The first-order valence-corrected chi connectivity index (χ1v) is 3.07. The Bertz CT molecular complexity index is 30.0. The molecule has 0 aliphatic rings. The molecule has 0 aromatic carbocycles. The van der Waals surface area contributed by atoms with E-state index in [1.807, 2.05) is 0 Å². The van der Waals surface area contributed by atoms with Crippen molar-refractivity contribution in [1.82, 2.24) is 4.90 Å². The molecular formula is C6H16CsN. The molecule has 8 heavy (non-hydrogen) atoms. The van der Waals surface area contributed by atoms with Crippen LogP contribution in [0.4, 0.5) is 0 Å². The van der Waals surface area contributed by atoms with E-state index in [1.165, 1.54) is 19.6 Å². The Morgan fingerprint density at radius 3 is 1.12 bits per heavy atom. The van der Waals surface area contributed by atoms with Crippen LogP contribution in [0.3, 0.4) is 0 Å². The molecule has 0 heterocycles. The van der Waals surface area contributed by atoms with Crippen LogP contribution in [0.5, 0.6) is 0 Å². The normalized spacial score (nSPS) is 9.00. The first-order chi connectivity index (χ1) is 3.35. The molecule has 0 radical (unpaired) electrons. The van der Waals surface area contributed by atoms with Gasteiger partial charge in [0.05, 0.1) is 0 Å². The SMILES string of the molecule is CCN(CC)CC.[CsH]. The summed E-state index contributed by atoms with van der Waals surface area (Å²) in [5.74, 6) is 0. The Hall–Kier alpha value is 2.01. The van der Waals surface area contributed by atoms with Gasteiger partial charge in [0.15, 0.2) is 0 Å². The van der Waals surface area contributed by atoms with Gasteiger partial charge in [0.25, 0.3) is 0 Å². The predicted octanol–water partition coefficient (Wildman–Crippen LogP) is 0.700. The van der Waals surface area contributed by atoms with Gasteiger partial charge in [0.2, 0.25) is 0 Å². The molecule has 0 aromatic heterocycles. The Morgan fingerprint density at radius 1 is 0.875 bits per heavy atom. The van der Waals surface area contributed by atoms with E-state index >= 15 is 0 Å². The molecule has 0 bridgehead atoms. The Kier molecular flexibility index (Phi) is 14.3. The van der Waals surface area contributed by atoms with Gasteiger partial charge in [-0.25, -0.2) is 0 Å². The molecule has 0 saturated heterocycles. The molecule has 0 atom stereocenters. The third-order valence-corrected chi connectivity index (χ3v) is 1.34. The molecule has 0 aliphatic carbocycles. The molecule has 0 aromatic rings. The minimum absolute atomic E-state index is 0. The summed E-state index contributed by atoms with van der Waals surface area (Å²) in [7, 11) is 0. The fourth-order valence-corrected chi connectivity index (χ4v) is 0.671. The summed E-state index contributed by atoms with van der Waals surface area (Å²) in [4.78, 5) is 2.38. The zero-order chi connectivity index (χ0) is 5.70. The van der Waals surface area contributed by atoms with Crippen LogP contribution in [0.1, 0.15) is 20.8 Å². The van der Waals surface area contributed by atoms with Crippen molar-refractivity contribution in [2.24, 2.45) is 0 Å². The van der Waals surface area contributed by atoms with E-state index in [0.717, 1.165) is 0 Å². The monoisotopic (exact) mass is 235 g/mol. The van der Waals surface area contributed by atoms with Gasteiger partial charge in [-0.3, -0.25) is 0 Å². The predicted molar refractivity (Wildman–Crippen MR) is 40.6 cm³/mol. The Morgan fingerprint density at radius 2 is 1.12 bits per heavy atom. The molecule has 1 nitrogen and oxygen atoms in total. The zero-order valence-electron chi connectivity index (χ0n) is 5.57. The van der Waals surface area contributed by atoms with Gasteiger partial charge in [-0.1, -0.05) is 20.8 Å². The summed E-state index contributed by atoms with van der Waals surface area (Å²) in [6, 6.07) is 0. The van der Waals surface area contributed by atoms with Gasteiger partial charge in [-0.15, -0.1) is 0 Å². The van der Waals surface area contributed by atoms with E-state index < -0.39 is 0 Å². The maximum atomic E-state index is 2.38. The van der Waals surface area contributed by atoms with E-state index in [0.29, 0.717) is 0 Å². The van der Waals surface area contributed by atoms with E-state index in [1.54, 1.807) is 0 Å². The standard InChI is InChI=1S/C6H15N.Cs.H/c1-4-7(5-2)6-3;;/h4-6H2,1-3H3;;. The van der Waals surface area contributed by atoms with Crippen LogP contribution < -0.4 is 0 Å². The third-order valence-electron chi connectivity index (χ3n) is 1.34. The summed E-state index contributed by atoms with van der Waals surface area (Å²) < 4.78 is 0. The molecule has 0 spiro atoms. The van der Waals surface area contributed by atoms with Crippen LogP contribution in [0.15, 0.2) is 0 Å². The number of nitrogens with zero attached hydrogens (tertiary/aromatic N) is 1. The van der Waals surface area contributed by atoms with Crippen molar-refractivity contribution >= 4 is 68.9 Å². The van der Waals surface area contributed by atoms with Crippen molar-refractivity contribution in [2.45, 2.75) is 20.8 Å². The molecule has 0 fully saturated rings. The number of hydrogen-bond donors (Lipinski definition) is 0. The second kappa shape index (κ2) is 9.01. The first-order valence-electron chi connectivity index (χ1n) is 3.07. The van der Waals surface area contributed by atoms with Crippen molar-refractivity contribution in [3.63, 3.8) is 0 Å². The molecular weight excluding hydrogens is 219 g/mol. The molecule has 46 valence electrons. The van der Waals surface area contributed by atoms with Crippen molar-refractivity contribution in [2.75, 3.05) is 19.6 Å². The van der Waals surface area contributed by atoms with Crippen LogP contribution >= 0.6 is 0 Å².